The predicted octanol–water partition coefficient (Wildman–Crippen LogP) is 4.48. The van der Waals surface area contributed by atoms with Gasteiger partial charge in [0.2, 0.25) is 4.73 Å². The number of hydrogen-bond acceptors (Lipinski definition) is 4. The largest absolute Gasteiger partial charge is 0.481 e. The van der Waals surface area contributed by atoms with Gasteiger partial charge in [-0.3, -0.25) is 9.36 Å². The monoisotopic (exact) mass is 439 g/mol. The Morgan fingerprint density at radius 3 is 2.62 bits per heavy atom. The molecular weight excluding hydrogens is 428 g/mol. The van der Waals surface area contributed by atoms with Crippen LogP contribution >= 0.6 is 27.7 Å². The molecule has 0 amide bonds. The van der Waals surface area contributed by atoms with Crippen LogP contribution in [-0.4, -0.2) is 37.5 Å². The first-order chi connectivity index (χ1) is 12.4. The molecule has 1 aliphatic rings. The molecule has 0 bridgehead atoms. The number of hydrogen-bond donors (Lipinski definition) is 1. The highest BCUT2D eigenvalue weighted by Gasteiger charge is 2.58. The van der Waals surface area contributed by atoms with Gasteiger partial charge in [0.05, 0.1) is 17.4 Å². The molecule has 0 aliphatic heterocycles. The number of aliphatic carboxylic acids is 1. The SMILES string of the molecule is O=C(O)CSc1nnc(Br)n1-c1ccc([C@@H]2CC2(F)F)c2ccccc12. The van der Waals surface area contributed by atoms with Gasteiger partial charge in [0.15, 0.2) is 5.16 Å². The van der Waals surface area contributed by atoms with Crippen molar-refractivity contribution in [2.75, 3.05) is 5.75 Å². The maximum Gasteiger partial charge on any atom is 0.313 e. The van der Waals surface area contributed by atoms with Gasteiger partial charge in [-0.25, -0.2) is 8.78 Å². The molecule has 0 saturated heterocycles. The van der Waals surface area contributed by atoms with E-state index in [1.54, 1.807) is 16.7 Å². The number of nitrogens with zero attached hydrogens (tertiary/aromatic N) is 3. The minimum absolute atomic E-state index is 0.133. The molecule has 3 aromatic rings. The lowest BCUT2D eigenvalue weighted by Gasteiger charge is -2.13. The van der Waals surface area contributed by atoms with Gasteiger partial charge in [0.25, 0.3) is 5.92 Å². The second kappa shape index (κ2) is 6.31. The predicted molar refractivity (Wildman–Crippen MR) is 97.2 cm³/mol. The first-order valence-electron chi connectivity index (χ1n) is 7.74. The lowest BCUT2D eigenvalue weighted by Crippen LogP contribution is -2.03. The summed E-state index contributed by atoms with van der Waals surface area (Å²) in [6.07, 6.45) is -0.133. The molecule has 9 heteroatoms. The van der Waals surface area contributed by atoms with Crippen LogP contribution in [0.4, 0.5) is 8.78 Å². The normalized spacial score (nSPS) is 18.2. The standard InChI is InChI=1S/C17H12BrF2N3O2S/c18-15-21-22-16(26-8-14(24)25)23(15)13-6-5-10(12-7-17(12,19)20)9-3-1-2-4-11(9)13/h1-6,12H,7-8H2,(H,24,25)/t12-/m0/s1. The number of rotatable bonds is 5. The quantitative estimate of drug-likeness (QED) is 0.593. The van der Waals surface area contributed by atoms with Crippen LogP contribution in [0.2, 0.25) is 0 Å². The van der Waals surface area contributed by atoms with Crippen LogP contribution in [0.25, 0.3) is 16.5 Å². The molecule has 1 aliphatic carbocycles. The van der Waals surface area contributed by atoms with Crippen molar-refractivity contribution in [3.8, 4) is 5.69 Å². The van der Waals surface area contributed by atoms with Gasteiger partial charge in [-0.1, -0.05) is 42.1 Å². The number of benzene rings is 2. The molecule has 1 atom stereocenters. The maximum absolute atomic E-state index is 13.6. The third-order valence-electron chi connectivity index (χ3n) is 4.30. The molecule has 0 unspecified atom stereocenters. The van der Waals surface area contributed by atoms with Crippen molar-refractivity contribution in [2.45, 2.75) is 23.4 Å². The molecule has 5 nitrogen and oxygen atoms in total. The molecule has 134 valence electrons. The second-order valence-corrected chi connectivity index (χ2v) is 7.66. The number of fused-ring (bicyclic) bond motifs is 1. The van der Waals surface area contributed by atoms with Gasteiger partial charge >= 0.3 is 5.97 Å². The van der Waals surface area contributed by atoms with Crippen LogP contribution in [0.5, 0.6) is 0 Å². The number of carbonyl (C=O) groups is 1. The number of carboxylic acid groups (broad SMARTS) is 1. The summed E-state index contributed by atoms with van der Waals surface area (Å²) in [6, 6.07) is 10.8. The number of halogens is 3. The summed E-state index contributed by atoms with van der Waals surface area (Å²) >= 11 is 4.37. The summed E-state index contributed by atoms with van der Waals surface area (Å²) in [7, 11) is 0. The van der Waals surface area contributed by atoms with Crippen molar-refractivity contribution in [1.29, 1.82) is 0 Å². The molecule has 1 fully saturated rings. The zero-order valence-electron chi connectivity index (χ0n) is 13.2. The van der Waals surface area contributed by atoms with Crippen LogP contribution in [0.3, 0.4) is 0 Å². The second-order valence-electron chi connectivity index (χ2n) is 6.01. The fourth-order valence-corrected chi connectivity index (χ4v) is 4.25. The Kier molecular flexibility index (Phi) is 4.23. The average molecular weight is 440 g/mol. The topological polar surface area (TPSA) is 68.0 Å². The minimum Gasteiger partial charge on any atom is -0.481 e. The van der Waals surface area contributed by atoms with Gasteiger partial charge in [-0.15, -0.1) is 10.2 Å². The molecule has 1 saturated carbocycles. The Morgan fingerprint density at radius 2 is 1.96 bits per heavy atom. The third kappa shape index (κ3) is 2.99. The van der Waals surface area contributed by atoms with Crippen LogP contribution in [0.1, 0.15) is 17.9 Å². The lowest BCUT2D eigenvalue weighted by atomic mass is 9.99. The zero-order valence-corrected chi connectivity index (χ0v) is 15.6. The van der Waals surface area contributed by atoms with Gasteiger partial charge < -0.3 is 5.11 Å². The van der Waals surface area contributed by atoms with Gasteiger partial charge in [0.1, 0.15) is 0 Å². The van der Waals surface area contributed by atoms with Crippen molar-refractivity contribution >= 4 is 44.4 Å². The van der Waals surface area contributed by atoms with Crippen molar-refractivity contribution < 1.29 is 18.7 Å². The number of thioether (sulfide) groups is 1. The van der Waals surface area contributed by atoms with Gasteiger partial charge in [0, 0.05) is 11.8 Å². The molecule has 1 aromatic heterocycles. The van der Waals surface area contributed by atoms with E-state index in [4.69, 9.17) is 5.11 Å². The average Bonchev–Trinajstić information content (AvgIpc) is 3.08. The van der Waals surface area contributed by atoms with Crippen molar-refractivity contribution in [1.82, 2.24) is 14.8 Å². The van der Waals surface area contributed by atoms with E-state index in [-0.39, 0.29) is 12.2 Å². The molecule has 1 heterocycles. The fourth-order valence-electron chi connectivity index (χ4n) is 3.03. The van der Waals surface area contributed by atoms with Gasteiger partial charge in [-0.05, 0) is 32.9 Å². The summed E-state index contributed by atoms with van der Waals surface area (Å²) in [4.78, 5) is 10.9. The highest BCUT2D eigenvalue weighted by atomic mass is 79.9. The van der Waals surface area contributed by atoms with Crippen LogP contribution in [0, 0.1) is 0 Å². The fraction of sp³-hybridized carbons (Fsp3) is 0.235. The molecule has 26 heavy (non-hydrogen) atoms. The number of aromatic nitrogens is 3. The molecule has 0 radical (unpaired) electrons. The van der Waals surface area contributed by atoms with E-state index in [1.165, 1.54) is 0 Å². The van der Waals surface area contributed by atoms with Crippen LogP contribution in [0.15, 0.2) is 46.3 Å². The summed E-state index contributed by atoms with van der Waals surface area (Å²) in [5.41, 5.74) is 1.33. The molecule has 2 aromatic carbocycles. The molecular formula is C17H12BrF2N3O2S. The smallest absolute Gasteiger partial charge is 0.313 e. The summed E-state index contributed by atoms with van der Waals surface area (Å²) in [6.45, 7) is 0. The first-order valence-corrected chi connectivity index (χ1v) is 9.51. The van der Waals surface area contributed by atoms with E-state index in [0.717, 1.165) is 22.5 Å². The number of alkyl halides is 2. The highest BCUT2D eigenvalue weighted by molar-refractivity contribution is 9.10. The zero-order chi connectivity index (χ0) is 18.5. The summed E-state index contributed by atoms with van der Waals surface area (Å²) in [5, 5.41) is 18.8. The first kappa shape index (κ1) is 17.4. The van der Waals surface area contributed by atoms with E-state index in [9.17, 15) is 13.6 Å². The Bertz CT molecular complexity index is 1020. The van der Waals surface area contributed by atoms with Crippen LogP contribution in [-0.2, 0) is 4.79 Å². The minimum atomic E-state index is -2.65. The van der Waals surface area contributed by atoms with E-state index in [1.807, 2.05) is 24.3 Å². The third-order valence-corrected chi connectivity index (χ3v) is 5.72. The molecule has 0 spiro atoms. The van der Waals surface area contributed by atoms with E-state index >= 15 is 0 Å². The lowest BCUT2D eigenvalue weighted by molar-refractivity contribution is -0.133. The summed E-state index contributed by atoms with van der Waals surface area (Å²) < 4.78 is 29.3. The van der Waals surface area contributed by atoms with Crippen molar-refractivity contribution in [2.24, 2.45) is 0 Å². The highest BCUT2D eigenvalue weighted by Crippen LogP contribution is 2.57. The van der Waals surface area contributed by atoms with E-state index in [0.29, 0.717) is 21.1 Å². The van der Waals surface area contributed by atoms with E-state index in [2.05, 4.69) is 26.1 Å². The van der Waals surface area contributed by atoms with Gasteiger partial charge in [-0.2, -0.15) is 0 Å². The van der Waals surface area contributed by atoms with Crippen molar-refractivity contribution in [3.05, 3.63) is 46.7 Å². The van der Waals surface area contributed by atoms with Crippen molar-refractivity contribution in [3.63, 3.8) is 0 Å². The Hall–Kier alpha value is -2.00. The molecule has 4 rings (SSSR count). The Balaban J connectivity index is 1.85. The molecule has 1 N–H and O–H groups in total. The Labute approximate surface area is 159 Å². The summed E-state index contributed by atoms with van der Waals surface area (Å²) in [5.74, 6) is -4.53. The van der Waals surface area contributed by atoms with E-state index < -0.39 is 17.8 Å². The van der Waals surface area contributed by atoms with Crippen LogP contribution < -0.4 is 0 Å². The number of carboxylic acids is 1. The maximum atomic E-state index is 13.6. The Morgan fingerprint density at radius 1 is 1.27 bits per heavy atom.